The molecule has 1 amide bonds. The standard InChI is InChI=1S/C13H12N2O/c1-10-6-5-9-14-12(10)13(16)15-11-7-3-2-4-8-11/h2-9H,1H3,(H,15,16). The minimum absolute atomic E-state index is 0.177. The molecule has 2 aromatic rings. The lowest BCUT2D eigenvalue weighted by Gasteiger charge is -2.05. The number of pyridine rings is 1. The number of aryl methyl sites for hydroxylation is 1. The molecule has 0 atom stereocenters. The van der Waals surface area contributed by atoms with Crippen molar-refractivity contribution in [1.29, 1.82) is 0 Å². The van der Waals surface area contributed by atoms with E-state index in [0.29, 0.717) is 5.69 Å². The molecule has 0 aliphatic heterocycles. The number of rotatable bonds is 2. The molecule has 0 bridgehead atoms. The fourth-order valence-electron chi connectivity index (χ4n) is 1.44. The Balaban J connectivity index is 2.19. The fraction of sp³-hybridized carbons (Fsp3) is 0.0769. The predicted molar refractivity (Wildman–Crippen MR) is 63.4 cm³/mol. The van der Waals surface area contributed by atoms with Crippen LogP contribution in [0.15, 0.2) is 48.7 Å². The lowest BCUT2D eigenvalue weighted by Crippen LogP contribution is -2.14. The molecular formula is C13H12N2O. The zero-order valence-electron chi connectivity index (χ0n) is 8.97. The van der Waals surface area contributed by atoms with Gasteiger partial charge in [-0.05, 0) is 30.7 Å². The summed E-state index contributed by atoms with van der Waals surface area (Å²) in [6.45, 7) is 1.87. The van der Waals surface area contributed by atoms with Crippen LogP contribution in [0.2, 0.25) is 0 Å². The number of carbonyl (C=O) groups is 1. The van der Waals surface area contributed by atoms with Gasteiger partial charge in [-0.3, -0.25) is 9.78 Å². The van der Waals surface area contributed by atoms with Crippen molar-refractivity contribution in [2.45, 2.75) is 6.92 Å². The van der Waals surface area contributed by atoms with Gasteiger partial charge in [0.1, 0.15) is 5.69 Å². The van der Waals surface area contributed by atoms with Crippen LogP contribution in [-0.2, 0) is 0 Å². The first-order valence-electron chi connectivity index (χ1n) is 5.05. The Morgan fingerprint density at radius 3 is 2.56 bits per heavy atom. The van der Waals surface area contributed by atoms with Crippen LogP contribution in [0.5, 0.6) is 0 Å². The molecule has 1 aromatic heterocycles. The summed E-state index contributed by atoms with van der Waals surface area (Å²) in [5.74, 6) is -0.177. The number of para-hydroxylation sites is 1. The fourth-order valence-corrected chi connectivity index (χ4v) is 1.44. The zero-order chi connectivity index (χ0) is 11.4. The zero-order valence-corrected chi connectivity index (χ0v) is 8.97. The van der Waals surface area contributed by atoms with Gasteiger partial charge < -0.3 is 5.32 Å². The predicted octanol–water partition coefficient (Wildman–Crippen LogP) is 2.64. The Morgan fingerprint density at radius 2 is 1.88 bits per heavy atom. The van der Waals surface area contributed by atoms with Crippen molar-refractivity contribution in [3.8, 4) is 0 Å². The molecule has 0 spiro atoms. The van der Waals surface area contributed by atoms with E-state index in [4.69, 9.17) is 0 Å². The summed E-state index contributed by atoms with van der Waals surface area (Å²) < 4.78 is 0. The molecule has 3 nitrogen and oxygen atoms in total. The van der Waals surface area contributed by atoms with Gasteiger partial charge in [0.2, 0.25) is 0 Å². The third-order valence-corrected chi connectivity index (χ3v) is 2.26. The molecule has 80 valence electrons. The number of nitrogens with zero attached hydrogens (tertiary/aromatic N) is 1. The molecule has 0 aliphatic rings. The first-order valence-corrected chi connectivity index (χ1v) is 5.05. The van der Waals surface area contributed by atoms with E-state index in [1.54, 1.807) is 6.20 Å². The van der Waals surface area contributed by atoms with Crippen LogP contribution >= 0.6 is 0 Å². The van der Waals surface area contributed by atoms with Crippen molar-refractivity contribution < 1.29 is 4.79 Å². The summed E-state index contributed by atoms with van der Waals surface area (Å²) in [6.07, 6.45) is 1.62. The highest BCUT2D eigenvalue weighted by Gasteiger charge is 2.09. The molecule has 0 aliphatic carbocycles. The van der Waals surface area contributed by atoms with Crippen LogP contribution < -0.4 is 5.32 Å². The topological polar surface area (TPSA) is 42.0 Å². The summed E-state index contributed by atoms with van der Waals surface area (Å²) in [6, 6.07) is 13.0. The average Bonchev–Trinajstić information content (AvgIpc) is 2.31. The smallest absolute Gasteiger partial charge is 0.274 e. The van der Waals surface area contributed by atoms with Gasteiger partial charge in [-0.15, -0.1) is 0 Å². The van der Waals surface area contributed by atoms with Gasteiger partial charge in [0.25, 0.3) is 5.91 Å². The van der Waals surface area contributed by atoms with Gasteiger partial charge in [-0.1, -0.05) is 24.3 Å². The summed E-state index contributed by atoms with van der Waals surface area (Å²) in [5.41, 5.74) is 2.11. The van der Waals surface area contributed by atoms with E-state index in [0.717, 1.165) is 11.3 Å². The number of hydrogen-bond acceptors (Lipinski definition) is 2. The van der Waals surface area contributed by atoms with Crippen LogP contribution in [0, 0.1) is 6.92 Å². The summed E-state index contributed by atoms with van der Waals surface area (Å²) in [7, 11) is 0. The average molecular weight is 212 g/mol. The van der Waals surface area contributed by atoms with Gasteiger partial charge in [0.15, 0.2) is 0 Å². The van der Waals surface area contributed by atoms with Crippen LogP contribution in [0.4, 0.5) is 5.69 Å². The second-order valence-corrected chi connectivity index (χ2v) is 3.49. The molecular weight excluding hydrogens is 200 g/mol. The number of anilines is 1. The molecule has 0 unspecified atom stereocenters. The van der Waals surface area contributed by atoms with Gasteiger partial charge in [-0.25, -0.2) is 0 Å². The molecule has 1 N–H and O–H groups in total. The minimum atomic E-state index is -0.177. The number of carbonyl (C=O) groups excluding carboxylic acids is 1. The van der Waals surface area contributed by atoms with Crippen LogP contribution in [0.3, 0.4) is 0 Å². The third-order valence-electron chi connectivity index (χ3n) is 2.26. The second kappa shape index (κ2) is 4.57. The van der Waals surface area contributed by atoms with Crippen LogP contribution in [0.1, 0.15) is 16.1 Å². The summed E-state index contributed by atoms with van der Waals surface area (Å²) >= 11 is 0. The maximum atomic E-state index is 11.9. The van der Waals surface area contributed by atoms with Crippen molar-refractivity contribution in [2.24, 2.45) is 0 Å². The highest BCUT2D eigenvalue weighted by atomic mass is 16.1. The molecule has 0 saturated carbocycles. The second-order valence-electron chi connectivity index (χ2n) is 3.49. The SMILES string of the molecule is Cc1cccnc1C(=O)Nc1ccccc1. The Bertz CT molecular complexity index is 494. The summed E-state index contributed by atoms with van der Waals surface area (Å²) in [5, 5.41) is 2.80. The minimum Gasteiger partial charge on any atom is -0.321 e. The van der Waals surface area contributed by atoms with Crippen molar-refractivity contribution >= 4 is 11.6 Å². The Labute approximate surface area is 94.1 Å². The Hall–Kier alpha value is -2.16. The van der Waals surface area contributed by atoms with E-state index in [-0.39, 0.29) is 5.91 Å². The normalized spacial score (nSPS) is 9.81. The molecule has 1 aromatic carbocycles. The monoisotopic (exact) mass is 212 g/mol. The molecule has 0 saturated heterocycles. The van der Waals surface area contributed by atoms with Gasteiger partial charge >= 0.3 is 0 Å². The van der Waals surface area contributed by atoms with Gasteiger partial charge in [0.05, 0.1) is 0 Å². The van der Waals surface area contributed by atoms with E-state index in [2.05, 4.69) is 10.3 Å². The van der Waals surface area contributed by atoms with E-state index >= 15 is 0 Å². The molecule has 0 radical (unpaired) electrons. The molecule has 3 heteroatoms. The molecule has 2 rings (SSSR count). The van der Waals surface area contributed by atoms with E-state index < -0.39 is 0 Å². The van der Waals surface area contributed by atoms with Gasteiger partial charge in [0, 0.05) is 11.9 Å². The molecule has 0 fully saturated rings. The number of amides is 1. The number of nitrogens with one attached hydrogen (secondary N) is 1. The van der Waals surface area contributed by atoms with Crippen LogP contribution in [0.25, 0.3) is 0 Å². The maximum Gasteiger partial charge on any atom is 0.274 e. The highest BCUT2D eigenvalue weighted by molar-refractivity contribution is 6.03. The van der Waals surface area contributed by atoms with Crippen molar-refractivity contribution in [1.82, 2.24) is 4.98 Å². The van der Waals surface area contributed by atoms with Crippen molar-refractivity contribution in [3.05, 3.63) is 59.9 Å². The van der Waals surface area contributed by atoms with Crippen LogP contribution in [-0.4, -0.2) is 10.9 Å². The van der Waals surface area contributed by atoms with E-state index in [1.807, 2.05) is 49.4 Å². The lowest BCUT2D eigenvalue weighted by molar-refractivity contribution is 0.102. The number of hydrogen-bond donors (Lipinski definition) is 1. The van der Waals surface area contributed by atoms with Crippen molar-refractivity contribution in [3.63, 3.8) is 0 Å². The molecule has 1 heterocycles. The lowest BCUT2D eigenvalue weighted by atomic mass is 10.2. The number of benzene rings is 1. The van der Waals surface area contributed by atoms with Crippen molar-refractivity contribution in [2.75, 3.05) is 5.32 Å². The van der Waals surface area contributed by atoms with E-state index in [1.165, 1.54) is 0 Å². The quantitative estimate of drug-likeness (QED) is 0.831. The first kappa shape index (κ1) is 10.4. The van der Waals surface area contributed by atoms with E-state index in [9.17, 15) is 4.79 Å². The Kier molecular flexibility index (Phi) is 2.96. The number of aromatic nitrogens is 1. The largest absolute Gasteiger partial charge is 0.321 e. The Morgan fingerprint density at radius 1 is 1.12 bits per heavy atom. The first-order chi connectivity index (χ1) is 7.77. The maximum absolute atomic E-state index is 11.9. The third kappa shape index (κ3) is 2.25. The summed E-state index contributed by atoms with van der Waals surface area (Å²) in [4.78, 5) is 15.9. The molecule has 16 heavy (non-hydrogen) atoms. The van der Waals surface area contributed by atoms with Gasteiger partial charge in [-0.2, -0.15) is 0 Å². The highest BCUT2D eigenvalue weighted by Crippen LogP contribution is 2.09.